The Labute approximate surface area is 136 Å². The van der Waals surface area contributed by atoms with Crippen LogP contribution in [0.1, 0.15) is 11.3 Å². The summed E-state index contributed by atoms with van der Waals surface area (Å²) in [6.45, 7) is 3.03. The minimum Gasteiger partial charge on any atom is -0.339 e. The van der Waals surface area contributed by atoms with Gasteiger partial charge in [-0.3, -0.25) is 4.98 Å². The van der Waals surface area contributed by atoms with E-state index in [1.165, 1.54) is 22.2 Å². The highest BCUT2D eigenvalue weighted by molar-refractivity contribution is 5.93. The molecule has 0 aliphatic carbocycles. The lowest BCUT2D eigenvalue weighted by atomic mass is 10.1. The summed E-state index contributed by atoms with van der Waals surface area (Å²) in [6.07, 6.45) is 1.90. The Kier molecular flexibility index (Phi) is 3.43. The van der Waals surface area contributed by atoms with Crippen LogP contribution in [0.3, 0.4) is 0 Å². The molecule has 0 radical (unpaired) electrons. The van der Waals surface area contributed by atoms with Crippen molar-refractivity contribution in [3.8, 4) is 11.3 Å². The Morgan fingerprint density at radius 1 is 0.870 bits per heavy atom. The second-order valence-corrected chi connectivity index (χ2v) is 5.82. The van der Waals surface area contributed by atoms with Gasteiger partial charge < -0.3 is 4.57 Å². The van der Waals surface area contributed by atoms with E-state index in [0.717, 1.165) is 17.8 Å². The van der Waals surface area contributed by atoms with Gasteiger partial charge in [-0.15, -0.1) is 0 Å². The minimum atomic E-state index is 0.863. The van der Waals surface area contributed by atoms with Gasteiger partial charge in [-0.05, 0) is 24.6 Å². The fourth-order valence-corrected chi connectivity index (χ4v) is 3.13. The van der Waals surface area contributed by atoms with E-state index in [9.17, 15) is 0 Å². The minimum absolute atomic E-state index is 0.863. The average Bonchev–Trinajstić information content (AvgIpc) is 2.92. The Hall–Kier alpha value is -2.87. The van der Waals surface area contributed by atoms with Crippen LogP contribution in [-0.4, -0.2) is 9.55 Å². The maximum atomic E-state index is 4.67. The lowest BCUT2D eigenvalue weighted by molar-refractivity contribution is 0.804. The molecule has 0 bridgehead atoms. The summed E-state index contributed by atoms with van der Waals surface area (Å²) in [5.74, 6) is 0. The van der Waals surface area contributed by atoms with Crippen LogP contribution in [0, 0.1) is 6.92 Å². The van der Waals surface area contributed by atoms with Gasteiger partial charge in [0.05, 0.1) is 11.2 Å². The van der Waals surface area contributed by atoms with Gasteiger partial charge in [0.15, 0.2) is 0 Å². The largest absolute Gasteiger partial charge is 0.339 e. The van der Waals surface area contributed by atoms with Crippen LogP contribution < -0.4 is 0 Å². The summed E-state index contributed by atoms with van der Waals surface area (Å²) >= 11 is 0. The van der Waals surface area contributed by atoms with E-state index in [4.69, 9.17) is 0 Å². The standard InChI is InChI=1S/C21H18N2/c1-16-14-19-12-13-22-20(18-10-6-3-7-11-18)21(19)23(16)15-17-8-4-2-5-9-17/h2-14H,15H2,1H3. The summed E-state index contributed by atoms with van der Waals surface area (Å²) in [7, 11) is 0. The van der Waals surface area contributed by atoms with E-state index in [1.807, 2.05) is 12.3 Å². The first kappa shape index (κ1) is 13.8. The molecule has 0 saturated heterocycles. The van der Waals surface area contributed by atoms with Crippen molar-refractivity contribution in [2.24, 2.45) is 0 Å². The average molecular weight is 298 g/mol. The van der Waals surface area contributed by atoms with Crippen molar-refractivity contribution in [1.29, 1.82) is 0 Å². The number of aryl methyl sites for hydroxylation is 1. The number of hydrogen-bond acceptors (Lipinski definition) is 1. The molecule has 2 heteroatoms. The van der Waals surface area contributed by atoms with Crippen molar-refractivity contribution >= 4 is 10.9 Å². The molecule has 0 aliphatic rings. The summed E-state index contributed by atoms with van der Waals surface area (Å²) in [4.78, 5) is 4.67. The number of nitrogens with zero attached hydrogens (tertiary/aromatic N) is 2. The lowest BCUT2D eigenvalue weighted by Gasteiger charge is -2.11. The van der Waals surface area contributed by atoms with Gasteiger partial charge in [0.1, 0.15) is 0 Å². The third kappa shape index (κ3) is 2.53. The van der Waals surface area contributed by atoms with Gasteiger partial charge in [-0.25, -0.2) is 0 Å². The molecular formula is C21H18N2. The number of benzene rings is 2. The summed E-state index contributed by atoms with van der Waals surface area (Å²) in [6, 6.07) is 25.3. The van der Waals surface area contributed by atoms with Crippen LogP contribution in [0.25, 0.3) is 22.2 Å². The fraction of sp³-hybridized carbons (Fsp3) is 0.0952. The zero-order chi connectivity index (χ0) is 15.6. The molecule has 4 rings (SSSR count). The predicted molar refractivity (Wildman–Crippen MR) is 95.5 cm³/mol. The van der Waals surface area contributed by atoms with E-state index in [2.05, 4.69) is 83.2 Å². The second-order valence-electron chi connectivity index (χ2n) is 5.82. The van der Waals surface area contributed by atoms with Crippen molar-refractivity contribution in [1.82, 2.24) is 9.55 Å². The molecule has 2 aromatic carbocycles. The second kappa shape index (κ2) is 5.73. The predicted octanol–water partition coefficient (Wildman–Crippen LogP) is 5.06. The number of pyridine rings is 1. The molecule has 0 saturated carbocycles. The molecule has 4 aromatic rings. The van der Waals surface area contributed by atoms with Crippen molar-refractivity contribution in [2.45, 2.75) is 13.5 Å². The number of fused-ring (bicyclic) bond motifs is 1. The molecule has 2 aromatic heterocycles. The van der Waals surface area contributed by atoms with E-state index >= 15 is 0 Å². The van der Waals surface area contributed by atoms with Crippen LogP contribution in [0.5, 0.6) is 0 Å². The maximum absolute atomic E-state index is 4.67. The highest BCUT2D eigenvalue weighted by Gasteiger charge is 2.12. The van der Waals surface area contributed by atoms with Crippen LogP contribution >= 0.6 is 0 Å². The Balaban J connectivity index is 1.92. The Morgan fingerprint density at radius 3 is 2.30 bits per heavy atom. The fourth-order valence-electron chi connectivity index (χ4n) is 3.13. The van der Waals surface area contributed by atoms with Crippen LogP contribution in [-0.2, 0) is 6.54 Å². The van der Waals surface area contributed by atoms with Crippen molar-refractivity contribution < 1.29 is 0 Å². The molecule has 2 nitrogen and oxygen atoms in total. The molecule has 0 amide bonds. The summed E-state index contributed by atoms with van der Waals surface area (Å²) in [5, 5.41) is 1.24. The van der Waals surface area contributed by atoms with Gasteiger partial charge >= 0.3 is 0 Å². The molecule has 0 fully saturated rings. The molecule has 0 N–H and O–H groups in total. The first-order chi connectivity index (χ1) is 11.3. The highest BCUT2D eigenvalue weighted by atomic mass is 15.0. The first-order valence-electron chi connectivity index (χ1n) is 7.87. The van der Waals surface area contributed by atoms with Crippen LogP contribution in [0.4, 0.5) is 0 Å². The molecule has 0 atom stereocenters. The quantitative estimate of drug-likeness (QED) is 0.517. The molecule has 0 spiro atoms. The highest BCUT2D eigenvalue weighted by Crippen LogP contribution is 2.29. The molecule has 0 aliphatic heterocycles. The third-order valence-corrected chi connectivity index (χ3v) is 4.25. The lowest BCUT2D eigenvalue weighted by Crippen LogP contribution is -2.02. The van der Waals surface area contributed by atoms with Gasteiger partial charge in [0, 0.05) is 29.4 Å². The van der Waals surface area contributed by atoms with Gasteiger partial charge in [0.25, 0.3) is 0 Å². The van der Waals surface area contributed by atoms with E-state index < -0.39 is 0 Å². The third-order valence-electron chi connectivity index (χ3n) is 4.25. The van der Waals surface area contributed by atoms with Crippen molar-refractivity contribution in [3.63, 3.8) is 0 Å². The van der Waals surface area contributed by atoms with E-state index in [-0.39, 0.29) is 0 Å². The van der Waals surface area contributed by atoms with Crippen molar-refractivity contribution in [2.75, 3.05) is 0 Å². The monoisotopic (exact) mass is 298 g/mol. The molecular weight excluding hydrogens is 280 g/mol. The summed E-state index contributed by atoms with van der Waals surface area (Å²) in [5.41, 5.74) is 5.97. The Bertz CT molecular complexity index is 938. The van der Waals surface area contributed by atoms with Gasteiger partial charge in [-0.1, -0.05) is 60.7 Å². The number of hydrogen-bond donors (Lipinski definition) is 0. The van der Waals surface area contributed by atoms with Crippen LogP contribution in [0.15, 0.2) is 79.0 Å². The summed E-state index contributed by atoms with van der Waals surface area (Å²) < 4.78 is 2.36. The number of aromatic nitrogens is 2. The molecule has 112 valence electrons. The maximum Gasteiger partial charge on any atom is 0.0944 e. The molecule has 0 unspecified atom stereocenters. The SMILES string of the molecule is Cc1cc2ccnc(-c3ccccc3)c2n1Cc1ccccc1. The van der Waals surface area contributed by atoms with Gasteiger partial charge in [0.2, 0.25) is 0 Å². The van der Waals surface area contributed by atoms with Gasteiger partial charge in [-0.2, -0.15) is 0 Å². The topological polar surface area (TPSA) is 17.8 Å². The number of rotatable bonds is 3. The Morgan fingerprint density at radius 2 is 1.57 bits per heavy atom. The normalized spacial score (nSPS) is 11.0. The van der Waals surface area contributed by atoms with Crippen molar-refractivity contribution in [3.05, 3.63) is 90.3 Å². The zero-order valence-corrected chi connectivity index (χ0v) is 13.1. The first-order valence-corrected chi connectivity index (χ1v) is 7.87. The smallest absolute Gasteiger partial charge is 0.0944 e. The molecule has 23 heavy (non-hydrogen) atoms. The van der Waals surface area contributed by atoms with E-state index in [0.29, 0.717) is 0 Å². The van der Waals surface area contributed by atoms with E-state index in [1.54, 1.807) is 0 Å². The molecule has 2 heterocycles. The van der Waals surface area contributed by atoms with Crippen LogP contribution in [0.2, 0.25) is 0 Å². The zero-order valence-electron chi connectivity index (χ0n) is 13.1.